The van der Waals surface area contributed by atoms with E-state index in [2.05, 4.69) is 26.3 Å². The molecule has 1 atom stereocenters. The van der Waals surface area contributed by atoms with Crippen LogP contribution in [0.5, 0.6) is 0 Å². The Hall–Kier alpha value is -1.66. The van der Waals surface area contributed by atoms with Crippen LogP contribution in [0.15, 0.2) is 41.1 Å². The fourth-order valence-corrected chi connectivity index (χ4v) is 2.68. The number of benzene rings is 1. The van der Waals surface area contributed by atoms with E-state index in [9.17, 15) is 9.90 Å². The molecule has 0 aliphatic rings. The highest BCUT2D eigenvalue weighted by Gasteiger charge is 2.18. The summed E-state index contributed by atoms with van der Waals surface area (Å²) in [5, 5.41) is 16.8. The predicted molar refractivity (Wildman–Crippen MR) is 93.6 cm³/mol. The molecule has 6 heteroatoms. The van der Waals surface area contributed by atoms with Gasteiger partial charge in [0.15, 0.2) is 0 Å². The molecule has 124 valence electrons. The zero-order chi connectivity index (χ0) is 16.8. The molecule has 0 saturated heterocycles. The van der Waals surface area contributed by atoms with Crippen LogP contribution in [0.1, 0.15) is 25.8 Å². The number of rotatable bonds is 8. The molecule has 1 aromatic carbocycles. The van der Waals surface area contributed by atoms with Gasteiger partial charge in [0.05, 0.1) is 17.8 Å². The monoisotopic (exact) mass is 379 g/mol. The molecular weight excluding hydrogens is 358 g/mol. The van der Waals surface area contributed by atoms with E-state index in [0.29, 0.717) is 25.4 Å². The Labute approximate surface area is 144 Å². The number of nitrogens with one attached hydrogen (secondary N) is 1. The molecule has 2 rings (SSSR count). The van der Waals surface area contributed by atoms with E-state index in [1.807, 2.05) is 49.0 Å². The normalized spacial score (nSPS) is 12.5. The van der Waals surface area contributed by atoms with E-state index >= 15 is 0 Å². The summed E-state index contributed by atoms with van der Waals surface area (Å²) in [6, 6.07) is 7.91. The van der Waals surface area contributed by atoms with Gasteiger partial charge in [-0.25, -0.2) is 4.68 Å². The third kappa shape index (κ3) is 5.48. The minimum Gasteiger partial charge on any atom is -0.481 e. The lowest BCUT2D eigenvalue weighted by Gasteiger charge is -2.15. The van der Waals surface area contributed by atoms with Crippen molar-refractivity contribution < 1.29 is 9.90 Å². The largest absolute Gasteiger partial charge is 0.481 e. The Morgan fingerprint density at radius 3 is 2.65 bits per heavy atom. The fourth-order valence-electron chi connectivity index (χ4n) is 2.42. The number of hydrogen-bond acceptors (Lipinski definition) is 3. The summed E-state index contributed by atoms with van der Waals surface area (Å²) in [6.07, 6.45) is 4.43. The SMILES string of the molecule is CC(C)CC(CNCc1cnn(-c2ccc(Br)cc2)c1)C(=O)O. The fraction of sp³-hybridized carbons (Fsp3) is 0.412. The van der Waals surface area contributed by atoms with Gasteiger partial charge in [-0.1, -0.05) is 29.8 Å². The van der Waals surface area contributed by atoms with Gasteiger partial charge in [0.25, 0.3) is 0 Å². The quantitative estimate of drug-likeness (QED) is 0.736. The minimum absolute atomic E-state index is 0.350. The standard InChI is InChI=1S/C17H22BrN3O2/c1-12(2)7-14(17(22)23)10-19-8-13-9-20-21(11-13)16-5-3-15(18)4-6-16/h3-6,9,11-12,14,19H,7-8,10H2,1-2H3,(H,22,23). The Morgan fingerprint density at radius 1 is 1.35 bits per heavy atom. The summed E-state index contributed by atoms with van der Waals surface area (Å²) in [5.74, 6) is -0.716. The Kier molecular flexibility index (Phi) is 6.36. The molecule has 0 saturated carbocycles. The van der Waals surface area contributed by atoms with Crippen molar-refractivity contribution in [2.45, 2.75) is 26.8 Å². The van der Waals surface area contributed by atoms with Gasteiger partial charge in [-0.05, 0) is 36.6 Å². The van der Waals surface area contributed by atoms with Gasteiger partial charge in [-0.15, -0.1) is 0 Å². The van der Waals surface area contributed by atoms with Gasteiger partial charge in [-0.3, -0.25) is 4.79 Å². The maximum Gasteiger partial charge on any atom is 0.307 e. The van der Waals surface area contributed by atoms with Crippen molar-refractivity contribution in [3.63, 3.8) is 0 Å². The van der Waals surface area contributed by atoms with E-state index in [1.54, 1.807) is 6.20 Å². The Morgan fingerprint density at radius 2 is 2.04 bits per heavy atom. The lowest BCUT2D eigenvalue weighted by molar-refractivity contribution is -0.142. The second kappa shape index (κ2) is 8.26. The summed E-state index contributed by atoms with van der Waals surface area (Å²) in [5.41, 5.74) is 2.02. The van der Waals surface area contributed by atoms with Crippen molar-refractivity contribution in [3.8, 4) is 5.69 Å². The number of carbonyl (C=O) groups is 1. The van der Waals surface area contributed by atoms with Crippen molar-refractivity contribution in [1.82, 2.24) is 15.1 Å². The first-order valence-corrected chi connectivity index (χ1v) is 8.48. The number of nitrogens with zero attached hydrogens (tertiary/aromatic N) is 2. The van der Waals surface area contributed by atoms with E-state index in [1.165, 1.54) is 0 Å². The highest BCUT2D eigenvalue weighted by Crippen LogP contribution is 2.14. The molecule has 0 radical (unpaired) electrons. The summed E-state index contributed by atoms with van der Waals surface area (Å²) < 4.78 is 2.84. The van der Waals surface area contributed by atoms with Gasteiger partial charge < -0.3 is 10.4 Å². The van der Waals surface area contributed by atoms with Gasteiger partial charge in [0, 0.05) is 29.3 Å². The molecule has 2 N–H and O–H groups in total. The molecule has 5 nitrogen and oxygen atoms in total. The molecule has 1 aromatic heterocycles. The average molecular weight is 380 g/mol. The van der Waals surface area contributed by atoms with Gasteiger partial charge in [0.1, 0.15) is 0 Å². The van der Waals surface area contributed by atoms with Crippen molar-refractivity contribution in [1.29, 1.82) is 0 Å². The molecule has 0 aliphatic carbocycles. The number of carboxylic acids is 1. The molecule has 0 spiro atoms. The van der Waals surface area contributed by atoms with Crippen molar-refractivity contribution >= 4 is 21.9 Å². The molecule has 0 bridgehead atoms. The smallest absolute Gasteiger partial charge is 0.307 e. The highest BCUT2D eigenvalue weighted by atomic mass is 79.9. The van der Waals surface area contributed by atoms with Crippen LogP contribution < -0.4 is 5.32 Å². The molecule has 1 heterocycles. The summed E-state index contributed by atoms with van der Waals surface area (Å²) in [7, 11) is 0. The first-order chi connectivity index (χ1) is 11.0. The zero-order valence-electron chi connectivity index (χ0n) is 13.4. The third-order valence-electron chi connectivity index (χ3n) is 3.55. The van der Waals surface area contributed by atoms with Crippen LogP contribution in [0.2, 0.25) is 0 Å². The first kappa shape index (κ1) is 17.7. The number of aromatic nitrogens is 2. The second-order valence-electron chi connectivity index (χ2n) is 6.07. The summed E-state index contributed by atoms with van der Waals surface area (Å²) >= 11 is 3.41. The number of aliphatic carboxylic acids is 1. The minimum atomic E-state index is -0.739. The van der Waals surface area contributed by atoms with Crippen LogP contribution in [-0.2, 0) is 11.3 Å². The van der Waals surface area contributed by atoms with E-state index in [4.69, 9.17) is 0 Å². The van der Waals surface area contributed by atoms with Crippen molar-refractivity contribution in [3.05, 3.63) is 46.7 Å². The molecule has 23 heavy (non-hydrogen) atoms. The van der Waals surface area contributed by atoms with E-state index < -0.39 is 5.97 Å². The van der Waals surface area contributed by atoms with Crippen LogP contribution in [0.25, 0.3) is 5.69 Å². The average Bonchev–Trinajstić information content (AvgIpc) is 2.95. The van der Waals surface area contributed by atoms with Gasteiger partial charge >= 0.3 is 5.97 Å². The number of halogens is 1. The molecule has 0 fully saturated rings. The zero-order valence-corrected chi connectivity index (χ0v) is 15.0. The highest BCUT2D eigenvalue weighted by molar-refractivity contribution is 9.10. The van der Waals surface area contributed by atoms with Crippen LogP contribution in [0.4, 0.5) is 0 Å². The maximum absolute atomic E-state index is 11.2. The summed E-state index contributed by atoms with van der Waals surface area (Å²) in [6.45, 7) is 5.16. The second-order valence-corrected chi connectivity index (χ2v) is 6.98. The Balaban J connectivity index is 1.89. The number of hydrogen-bond donors (Lipinski definition) is 2. The Bertz CT molecular complexity index is 638. The van der Waals surface area contributed by atoms with E-state index in [0.717, 1.165) is 15.7 Å². The predicted octanol–water partition coefficient (Wildman–Crippen LogP) is 3.47. The van der Waals surface area contributed by atoms with Crippen LogP contribution >= 0.6 is 15.9 Å². The van der Waals surface area contributed by atoms with Crippen LogP contribution in [0, 0.1) is 11.8 Å². The number of carboxylic acid groups (broad SMARTS) is 1. The summed E-state index contributed by atoms with van der Waals surface area (Å²) in [4.78, 5) is 11.2. The maximum atomic E-state index is 11.2. The lowest BCUT2D eigenvalue weighted by atomic mass is 9.97. The third-order valence-corrected chi connectivity index (χ3v) is 4.08. The van der Waals surface area contributed by atoms with Gasteiger partial charge in [-0.2, -0.15) is 5.10 Å². The van der Waals surface area contributed by atoms with Crippen molar-refractivity contribution in [2.24, 2.45) is 11.8 Å². The van der Waals surface area contributed by atoms with Crippen LogP contribution in [0.3, 0.4) is 0 Å². The lowest BCUT2D eigenvalue weighted by Crippen LogP contribution is -2.29. The molecular formula is C17H22BrN3O2. The molecule has 0 amide bonds. The van der Waals surface area contributed by atoms with Crippen molar-refractivity contribution in [2.75, 3.05) is 6.54 Å². The van der Waals surface area contributed by atoms with E-state index in [-0.39, 0.29) is 5.92 Å². The molecule has 1 unspecified atom stereocenters. The topological polar surface area (TPSA) is 67.2 Å². The first-order valence-electron chi connectivity index (χ1n) is 7.68. The molecule has 2 aromatic rings. The molecule has 0 aliphatic heterocycles. The van der Waals surface area contributed by atoms with Gasteiger partial charge in [0.2, 0.25) is 0 Å². The van der Waals surface area contributed by atoms with Crippen LogP contribution in [-0.4, -0.2) is 27.4 Å².